The summed E-state index contributed by atoms with van der Waals surface area (Å²) in [6.45, 7) is 0. The summed E-state index contributed by atoms with van der Waals surface area (Å²) in [6, 6.07) is 24.2. The van der Waals surface area contributed by atoms with Gasteiger partial charge in [-0.1, -0.05) is 36.4 Å². The van der Waals surface area contributed by atoms with Crippen LogP contribution in [0.25, 0.3) is 25.7 Å². The smallest absolute Gasteiger partial charge is 0.145 e. The van der Waals surface area contributed by atoms with Crippen molar-refractivity contribution in [1.29, 1.82) is 10.5 Å². The molecule has 0 aliphatic carbocycles. The van der Waals surface area contributed by atoms with Crippen LogP contribution < -0.4 is 14.4 Å². The zero-order chi connectivity index (χ0) is 24.1. The van der Waals surface area contributed by atoms with Crippen LogP contribution in [0.3, 0.4) is 0 Å². The predicted molar refractivity (Wildman–Crippen MR) is 142 cm³/mol. The summed E-state index contributed by atoms with van der Waals surface area (Å²) < 4.78 is 13.8. The predicted octanol–water partition coefficient (Wildman–Crippen LogP) is 7.77. The molecule has 0 fully saturated rings. The van der Waals surface area contributed by atoms with Crippen LogP contribution >= 0.6 is 22.7 Å². The summed E-state index contributed by atoms with van der Waals surface area (Å²) in [5.41, 5.74) is 4.29. The molecule has 6 rings (SSSR count). The normalized spacial score (nSPS) is 12.1. The quantitative estimate of drug-likeness (QED) is 0.237. The fourth-order valence-electron chi connectivity index (χ4n) is 4.82. The molecule has 3 heterocycles. The number of anilines is 3. The Balaban J connectivity index is 1.70. The first kappa shape index (κ1) is 21.2. The van der Waals surface area contributed by atoms with Crippen LogP contribution in [0.5, 0.6) is 11.5 Å². The van der Waals surface area contributed by atoms with Gasteiger partial charge in [0.05, 0.1) is 35.0 Å². The largest absolute Gasteiger partial charge is 0.495 e. The first-order chi connectivity index (χ1) is 17.2. The number of nitrogens with zero attached hydrogens (tertiary/aromatic N) is 3. The molecule has 0 atom stereocenters. The van der Waals surface area contributed by atoms with Crippen molar-refractivity contribution < 1.29 is 9.47 Å². The Labute approximate surface area is 209 Å². The van der Waals surface area contributed by atoms with Gasteiger partial charge in [-0.25, -0.2) is 0 Å². The molecule has 7 heteroatoms. The van der Waals surface area contributed by atoms with Crippen LogP contribution in [-0.2, 0) is 0 Å². The van der Waals surface area contributed by atoms with Gasteiger partial charge in [0, 0.05) is 27.5 Å². The van der Waals surface area contributed by atoms with Crippen LogP contribution in [0, 0.1) is 22.7 Å². The standard InChI is InChI=1S/C28H17N3O2S2/c1-32-25-19-11-12-34-27(19)26(33-2)20-13-23(35-28(20)25)31-21-9-5-3-7-17(21)24(16(14-29)15-30)18-8-4-6-10-22(18)31/h3-13H,1-2H3. The van der Waals surface area contributed by atoms with Gasteiger partial charge in [-0.15, -0.1) is 22.7 Å². The first-order valence-corrected chi connectivity index (χ1v) is 12.5. The van der Waals surface area contributed by atoms with Crippen molar-refractivity contribution in [3.63, 3.8) is 0 Å². The number of methoxy groups -OCH3 is 2. The molecule has 1 aliphatic rings. The van der Waals surface area contributed by atoms with Crippen molar-refractivity contribution in [2.45, 2.75) is 0 Å². The van der Waals surface area contributed by atoms with E-state index in [9.17, 15) is 10.5 Å². The van der Waals surface area contributed by atoms with E-state index in [2.05, 4.69) is 29.2 Å². The van der Waals surface area contributed by atoms with Gasteiger partial charge < -0.3 is 14.4 Å². The average Bonchev–Trinajstić information content (AvgIpc) is 3.55. The lowest BCUT2D eigenvalue weighted by Gasteiger charge is -2.33. The molecule has 0 unspecified atom stereocenters. The summed E-state index contributed by atoms with van der Waals surface area (Å²) in [6.07, 6.45) is 0. The van der Waals surface area contributed by atoms with Gasteiger partial charge in [0.2, 0.25) is 0 Å². The van der Waals surface area contributed by atoms with E-state index in [1.165, 1.54) is 0 Å². The van der Waals surface area contributed by atoms with E-state index in [0.29, 0.717) is 5.57 Å². The minimum atomic E-state index is 0.101. The molecule has 0 amide bonds. The van der Waals surface area contributed by atoms with Crippen LogP contribution in [0.15, 0.2) is 71.6 Å². The highest BCUT2D eigenvalue weighted by Gasteiger charge is 2.31. The average molecular weight is 492 g/mol. The number of hydrogen-bond acceptors (Lipinski definition) is 7. The summed E-state index contributed by atoms with van der Waals surface area (Å²) in [4.78, 5) is 2.19. The molecule has 0 saturated heterocycles. The monoisotopic (exact) mass is 491 g/mol. The van der Waals surface area contributed by atoms with Crippen molar-refractivity contribution in [3.05, 3.63) is 82.7 Å². The van der Waals surface area contributed by atoms with E-state index in [-0.39, 0.29) is 5.57 Å². The number of allylic oxidation sites excluding steroid dienone is 1. The summed E-state index contributed by atoms with van der Waals surface area (Å²) in [5.74, 6) is 1.67. The molecule has 5 aromatic rings. The third kappa shape index (κ3) is 2.96. The van der Waals surface area contributed by atoms with E-state index >= 15 is 0 Å². The molecule has 168 valence electrons. The maximum absolute atomic E-state index is 9.73. The molecule has 0 saturated carbocycles. The number of para-hydroxylation sites is 2. The summed E-state index contributed by atoms with van der Waals surface area (Å²) in [7, 11) is 3.40. The molecule has 2 aromatic heterocycles. The second-order valence-corrected chi connectivity index (χ2v) is 9.85. The van der Waals surface area contributed by atoms with Gasteiger partial charge in [0.15, 0.2) is 0 Å². The lowest BCUT2D eigenvalue weighted by molar-refractivity contribution is 0.419. The van der Waals surface area contributed by atoms with Crippen molar-refractivity contribution in [2.75, 3.05) is 19.1 Å². The molecule has 3 aromatic carbocycles. The Kier molecular flexibility index (Phi) is 4.96. The van der Waals surface area contributed by atoms with Crippen molar-refractivity contribution in [3.8, 4) is 23.6 Å². The van der Waals surface area contributed by atoms with Crippen molar-refractivity contribution in [1.82, 2.24) is 0 Å². The first-order valence-electron chi connectivity index (χ1n) is 10.8. The van der Waals surface area contributed by atoms with Crippen LogP contribution in [0.1, 0.15) is 11.1 Å². The Morgan fingerprint density at radius 3 is 2.00 bits per heavy atom. The highest BCUT2D eigenvalue weighted by atomic mass is 32.1. The van der Waals surface area contributed by atoms with Gasteiger partial charge in [-0.05, 0) is 29.6 Å². The van der Waals surface area contributed by atoms with E-state index in [4.69, 9.17) is 9.47 Å². The topological polar surface area (TPSA) is 69.3 Å². The van der Waals surface area contributed by atoms with Gasteiger partial charge in [0.25, 0.3) is 0 Å². The third-order valence-electron chi connectivity index (χ3n) is 6.22. The van der Waals surface area contributed by atoms with Crippen molar-refractivity contribution in [2.24, 2.45) is 0 Å². The lowest BCUT2D eigenvalue weighted by atomic mass is 9.87. The van der Waals surface area contributed by atoms with Crippen LogP contribution in [0.2, 0.25) is 0 Å². The highest BCUT2D eigenvalue weighted by molar-refractivity contribution is 7.24. The van der Waals surface area contributed by atoms with Crippen LogP contribution in [0.4, 0.5) is 16.4 Å². The number of rotatable bonds is 3. The van der Waals surface area contributed by atoms with Gasteiger partial charge >= 0.3 is 0 Å². The molecule has 35 heavy (non-hydrogen) atoms. The van der Waals surface area contributed by atoms with E-state index in [0.717, 1.165) is 59.2 Å². The summed E-state index contributed by atoms with van der Waals surface area (Å²) >= 11 is 3.26. The van der Waals surface area contributed by atoms with E-state index in [1.807, 2.05) is 53.9 Å². The Hall–Kier alpha value is -4.30. The summed E-state index contributed by atoms with van der Waals surface area (Å²) in [5, 5.41) is 24.5. The maximum atomic E-state index is 9.73. The van der Waals surface area contributed by atoms with Gasteiger partial charge in [-0.2, -0.15) is 10.5 Å². The number of ether oxygens (including phenoxy) is 2. The number of benzene rings is 3. The Morgan fingerprint density at radius 2 is 1.40 bits per heavy atom. The van der Waals surface area contributed by atoms with Crippen LogP contribution in [-0.4, -0.2) is 14.2 Å². The van der Waals surface area contributed by atoms with E-state index < -0.39 is 0 Å². The SMILES string of the molecule is COc1c2cc(N3c4ccccc4C(=C(C#N)C#N)c4ccccc43)sc2c(OC)c2ccsc12. The second-order valence-electron chi connectivity index (χ2n) is 7.90. The zero-order valence-corrected chi connectivity index (χ0v) is 20.5. The fraction of sp³-hybridized carbons (Fsp3) is 0.0714. The lowest BCUT2D eigenvalue weighted by Crippen LogP contribution is -2.17. The minimum absolute atomic E-state index is 0.101. The zero-order valence-electron chi connectivity index (χ0n) is 18.8. The number of fused-ring (bicyclic) bond motifs is 4. The van der Waals surface area contributed by atoms with E-state index in [1.54, 1.807) is 36.9 Å². The van der Waals surface area contributed by atoms with Crippen molar-refractivity contribution >= 4 is 64.8 Å². The fourth-order valence-corrected chi connectivity index (χ4v) is 6.97. The maximum Gasteiger partial charge on any atom is 0.145 e. The molecular formula is C28H17N3O2S2. The molecule has 0 spiro atoms. The molecule has 1 aliphatic heterocycles. The van der Waals surface area contributed by atoms with Gasteiger partial charge in [-0.3, -0.25) is 0 Å². The molecule has 0 bridgehead atoms. The van der Waals surface area contributed by atoms with Gasteiger partial charge in [0.1, 0.15) is 34.2 Å². The number of thiophene rings is 2. The molecule has 5 nitrogen and oxygen atoms in total. The second kappa shape index (κ2) is 8.18. The molecular weight excluding hydrogens is 474 g/mol. The number of nitriles is 2. The Morgan fingerprint density at radius 1 is 0.800 bits per heavy atom. The third-order valence-corrected chi connectivity index (χ3v) is 8.25. The molecule has 0 N–H and O–H groups in total. The Bertz CT molecular complexity index is 1640. The number of hydrogen-bond donors (Lipinski definition) is 0. The molecule has 0 radical (unpaired) electrons. The highest BCUT2D eigenvalue weighted by Crippen LogP contribution is 2.55. The minimum Gasteiger partial charge on any atom is -0.495 e.